The lowest BCUT2D eigenvalue weighted by atomic mass is 10.1. The number of rotatable bonds is 7. The smallest absolute Gasteiger partial charge is 0.251 e. The van der Waals surface area contributed by atoms with E-state index < -0.39 is 0 Å². The first-order valence-corrected chi connectivity index (χ1v) is 8.02. The van der Waals surface area contributed by atoms with Gasteiger partial charge >= 0.3 is 0 Å². The molecule has 1 aromatic rings. The van der Waals surface area contributed by atoms with Crippen molar-refractivity contribution in [2.24, 2.45) is 4.99 Å². The normalized spacial score (nSPS) is 11.0. The summed E-state index contributed by atoms with van der Waals surface area (Å²) in [6.07, 6.45) is 0.921. The number of nitrogens with one attached hydrogen (secondary N) is 3. The van der Waals surface area contributed by atoms with E-state index in [4.69, 9.17) is 0 Å². The second-order valence-corrected chi connectivity index (χ2v) is 5.21. The Morgan fingerprint density at radius 1 is 1.17 bits per heavy atom. The molecule has 130 valence electrons. The maximum absolute atomic E-state index is 12.1. The maximum atomic E-state index is 12.1. The van der Waals surface area contributed by atoms with Crippen LogP contribution in [0, 0.1) is 0 Å². The first-order chi connectivity index (χ1) is 10.6. The molecule has 0 aliphatic carbocycles. The molecule has 1 atom stereocenters. The number of carbonyl (C=O) groups excluding carboxylic acids is 1. The molecule has 6 heteroatoms. The first kappa shape index (κ1) is 21.7. The first-order valence-electron chi connectivity index (χ1n) is 8.02. The Labute approximate surface area is 156 Å². The summed E-state index contributed by atoms with van der Waals surface area (Å²) in [4.78, 5) is 16.7. The van der Waals surface area contributed by atoms with Crippen LogP contribution < -0.4 is 16.0 Å². The molecular formula is C17H29IN4O. The summed E-state index contributed by atoms with van der Waals surface area (Å²) in [5.41, 5.74) is 1.70. The van der Waals surface area contributed by atoms with Crippen molar-refractivity contribution in [1.82, 2.24) is 16.0 Å². The highest BCUT2D eigenvalue weighted by Crippen LogP contribution is 2.07. The van der Waals surface area contributed by atoms with Crippen molar-refractivity contribution in [3.8, 4) is 0 Å². The van der Waals surface area contributed by atoms with Gasteiger partial charge in [-0.2, -0.15) is 0 Å². The highest BCUT2D eigenvalue weighted by molar-refractivity contribution is 14.0. The van der Waals surface area contributed by atoms with Crippen LogP contribution in [-0.2, 0) is 6.54 Å². The van der Waals surface area contributed by atoms with Gasteiger partial charge in [0.15, 0.2) is 5.96 Å². The van der Waals surface area contributed by atoms with E-state index in [1.54, 1.807) is 0 Å². The summed E-state index contributed by atoms with van der Waals surface area (Å²) in [6, 6.07) is 7.80. The van der Waals surface area contributed by atoms with Crippen molar-refractivity contribution in [1.29, 1.82) is 0 Å². The monoisotopic (exact) mass is 432 g/mol. The van der Waals surface area contributed by atoms with Crippen LogP contribution in [0.25, 0.3) is 0 Å². The average Bonchev–Trinajstić information content (AvgIpc) is 2.53. The van der Waals surface area contributed by atoms with Gasteiger partial charge in [-0.1, -0.05) is 19.1 Å². The Hall–Kier alpha value is -1.31. The average molecular weight is 432 g/mol. The van der Waals surface area contributed by atoms with Crippen molar-refractivity contribution < 1.29 is 4.79 Å². The van der Waals surface area contributed by atoms with E-state index in [2.05, 4.69) is 27.9 Å². The highest BCUT2D eigenvalue weighted by atomic mass is 127. The van der Waals surface area contributed by atoms with Crippen LogP contribution in [0.2, 0.25) is 0 Å². The highest BCUT2D eigenvalue weighted by Gasteiger charge is 2.08. The third-order valence-electron chi connectivity index (χ3n) is 3.29. The van der Waals surface area contributed by atoms with Crippen molar-refractivity contribution in [2.75, 3.05) is 13.1 Å². The number of amides is 1. The van der Waals surface area contributed by atoms with Gasteiger partial charge in [0.2, 0.25) is 0 Å². The van der Waals surface area contributed by atoms with Gasteiger partial charge in [-0.15, -0.1) is 24.0 Å². The topological polar surface area (TPSA) is 65.5 Å². The minimum Gasteiger partial charge on any atom is -0.357 e. The van der Waals surface area contributed by atoms with E-state index >= 15 is 0 Å². The molecule has 0 heterocycles. The molecule has 5 nitrogen and oxygen atoms in total. The van der Waals surface area contributed by atoms with Crippen LogP contribution in [0.15, 0.2) is 29.3 Å². The predicted molar refractivity (Wildman–Crippen MR) is 108 cm³/mol. The fraction of sp³-hybridized carbons (Fsp3) is 0.529. The summed E-state index contributed by atoms with van der Waals surface area (Å²) in [7, 11) is 0. The van der Waals surface area contributed by atoms with E-state index in [9.17, 15) is 4.79 Å². The summed E-state index contributed by atoms with van der Waals surface area (Å²) in [5, 5.41) is 9.35. The number of hydrogen-bond acceptors (Lipinski definition) is 2. The largest absolute Gasteiger partial charge is 0.357 e. The van der Waals surface area contributed by atoms with Crippen molar-refractivity contribution in [3.63, 3.8) is 0 Å². The number of aliphatic imine (C=N–C) groups is 1. The zero-order valence-electron chi connectivity index (χ0n) is 14.5. The number of carbonyl (C=O) groups is 1. The summed E-state index contributed by atoms with van der Waals surface area (Å²) < 4.78 is 0. The minimum atomic E-state index is -0.0289. The van der Waals surface area contributed by atoms with E-state index in [1.165, 1.54) is 0 Å². The molecule has 0 spiro atoms. The second-order valence-electron chi connectivity index (χ2n) is 5.21. The predicted octanol–water partition coefficient (Wildman–Crippen LogP) is 2.91. The number of hydrogen-bond donors (Lipinski definition) is 3. The molecule has 0 radical (unpaired) electrons. The molecule has 1 aromatic carbocycles. The molecule has 0 aromatic heterocycles. The molecule has 1 rings (SSSR count). The molecule has 0 bridgehead atoms. The van der Waals surface area contributed by atoms with Gasteiger partial charge in [0.25, 0.3) is 5.91 Å². The van der Waals surface area contributed by atoms with Gasteiger partial charge < -0.3 is 16.0 Å². The molecule has 0 saturated heterocycles. The fourth-order valence-electron chi connectivity index (χ4n) is 1.90. The number of guanidine groups is 1. The molecule has 0 fully saturated rings. The van der Waals surface area contributed by atoms with E-state index in [0.717, 1.165) is 31.0 Å². The third-order valence-corrected chi connectivity index (χ3v) is 3.29. The number of benzene rings is 1. The second kappa shape index (κ2) is 12.2. The molecular weight excluding hydrogens is 403 g/mol. The molecule has 1 amide bonds. The number of halogens is 1. The Kier molecular flexibility index (Phi) is 11.5. The minimum absolute atomic E-state index is 0. The van der Waals surface area contributed by atoms with E-state index in [1.807, 2.05) is 45.0 Å². The molecule has 1 unspecified atom stereocenters. The van der Waals surface area contributed by atoms with Crippen molar-refractivity contribution >= 4 is 35.8 Å². The maximum Gasteiger partial charge on any atom is 0.251 e. The van der Waals surface area contributed by atoms with Gasteiger partial charge in [-0.3, -0.25) is 4.79 Å². The van der Waals surface area contributed by atoms with E-state index in [-0.39, 0.29) is 35.9 Å². The Morgan fingerprint density at radius 3 is 2.39 bits per heavy atom. The van der Waals surface area contributed by atoms with Crippen LogP contribution in [0.3, 0.4) is 0 Å². The molecule has 23 heavy (non-hydrogen) atoms. The van der Waals surface area contributed by atoms with Crippen molar-refractivity contribution in [3.05, 3.63) is 35.4 Å². The van der Waals surface area contributed by atoms with Gasteiger partial charge in [0.1, 0.15) is 0 Å². The molecule has 0 aliphatic rings. The van der Waals surface area contributed by atoms with Gasteiger partial charge in [-0.05, 0) is 44.9 Å². The summed E-state index contributed by atoms with van der Waals surface area (Å²) in [6.45, 7) is 10.3. The fourth-order valence-corrected chi connectivity index (χ4v) is 1.90. The van der Waals surface area contributed by atoms with Gasteiger partial charge in [-0.25, -0.2) is 4.99 Å². The Bertz CT molecular complexity index is 497. The van der Waals surface area contributed by atoms with Crippen LogP contribution in [-0.4, -0.2) is 31.0 Å². The quantitative estimate of drug-likeness (QED) is 0.353. The van der Waals surface area contributed by atoms with Crippen LogP contribution >= 0.6 is 24.0 Å². The molecule has 0 aliphatic heterocycles. The zero-order chi connectivity index (χ0) is 16.4. The van der Waals surface area contributed by atoms with Crippen LogP contribution in [0.1, 0.15) is 50.0 Å². The molecule has 0 saturated carbocycles. The lowest BCUT2D eigenvalue weighted by molar-refractivity contribution is 0.0939. The lowest BCUT2D eigenvalue weighted by Crippen LogP contribution is -2.37. The SMILES string of the molecule is CCNC(=NCc1cccc(C(=O)NC(C)CC)c1)NCC.I. The van der Waals surface area contributed by atoms with Gasteiger partial charge in [0.05, 0.1) is 6.54 Å². The van der Waals surface area contributed by atoms with E-state index in [0.29, 0.717) is 12.1 Å². The summed E-state index contributed by atoms with van der Waals surface area (Å²) >= 11 is 0. The van der Waals surface area contributed by atoms with Crippen LogP contribution in [0.4, 0.5) is 0 Å². The lowest BCUT2D eigenvalue weighted by Gasteiger charge is -2.12. The third kappa shape index (κ3) is 8.20. The van der Waals surface area contributed by atoms with Gasteiger partial charge in [0, 0.05) is 24.7 Å². The van der Waals surface area contributed by atoms with Crippen molar-refractivity contribution in [2.45, 2.75) is 46.7 Å². The Morgan fingerprint density at radius 2 is 1.83 bits per heavy atom. The number of nitrogens with zero attached hydrogens (tertiary/aromatic N) is 1. The standard InChI is InChI=1S/C17H28N4O.HI/c1-5-13(4)21-16(22)15-10-8-9-14(11-15)12-20-17(18-6-2)19-7-3;/h8-11,13H,5-7,12H2,1-4H3,(H,21,22)(H2,18,19,20);1H. The molecule has 3 N–H and O–H groups in total. The summed E-state index contributed by atoms with van der Waals surface area (Å²) in [5.74, 6) is 0.762. The van der Waals surface area contributed by atoms with Crippen LogP contribution in [0.5, 0.6) is 0 Å². The zero-order valence-corrected chi connectivity index (χ0v) is 16.8. The Balaban J connectivity index is 0.00000484.